The maximum absolute atomic E-state index is 12.4. The third-order valence-corrected chi connectivity index (χ3v) is 4.71. The van der Waals surface area contributed by atoms with Crippen LogP contribution in [0.25, 0.3) is 0 Å². The summed E-state index contributed by atoms with van der Waals surface area (Å²) in [6, 6.07) is 8.84. The highest BCUT2D eigenvalue weighted by Gasteiger charge is 2.43. The number of para-hydroxylation sites is 1. The van der Waals surface area contributed by atoms with Gasteiger partial charge in [-0.2, -0.15) is 0 Å². The Hall–Kier alpha value is -2.63. The van der Waals surface area contributed by atoms with Gasteiger partial charge in [-0.15, -0.1) is 0 Å². The van der Waals surface area contributed by atoms with E-state index in [9.17, 15) is 14.4 Å². The Kier molecular flexibility index (Phi) is 6.04. The van der Waals surface area contributed by atoms with Crippen molar-refractivity contribution in [3.8, 4) is 5.75 Å². The molecule has 0 N–H and O–H groups in total. The van der Waals surface area contributed by atoms with Crippen LogP contribution in [0.3, 0.4) is 0 Å². The predicted octanol–water partition coefficient (Wildman–Crippen LogP) is 3.14. The molecule has 0 spiro atoms. The zero-order chi connectivity index (χ0) is 18.4. The van der Waals surface area contributed by atoms with Gasteiger partial charge in [-0.25, -0.2) is 4.79 Å². The predicted molar refractivity (Wildman–Crippen MR) is 96.5 cm³/mol. The van der Waals surface area contributed by atoms with Crippen LogP contribution in [0.2, 0.25) is 0 Å². The molecule has 0 aromatic heterocycles. The maximum atomic E-state index is 12.4. The van der Waals surface area contributed by atoms with Crippen molar-refractivity contribution in [3.63, 3.8) is 0 Å². The first-order chi connectivity index (χ1) is 12.7. The average molecular weight is 356 g/mol. The Morgan fingerprint density at radius 2 is 1.65 bits per heavy atom. The highest BCUT2D eigenvalue weighted by molar-refractivity contribution is 6.44. The molecule has 1 aromatic rings. The quantitative estimate of drug-likeness (QED) is 0.311. The fraction of sp³-hybridized carbons (Fsp3) is 0.450. The van der Waals surface area contributed by atoms with Crippen LogP contribution in [0, 0.1) is 0 Å². The smallest absolute Gasteiger partial charge is 0.334 e. The molecule has 1 fully saturated rings. The van der Waals surface area contributed by atoms with Gasteiger partial charge in [0.15, 0.2) is 0 Å². The van der Waals surface area contributed by atoms with E-state index < -0.39 is 17.8 Å². The fourth-order valence-electron chi connectivity index (χ4n) is 3.26. The number of ether oxygens (including phenoxy) is 1. The maximum Gasteiger partial charge on any atom is 0.334 e. The second-order valence-corrected chi connectivity index (χ2v) is 6.57. The molecule has 0 saturated carbocycles. The lowest BCUT2D eigenvalue weighted by molar-refractivity contribution is -0.143. The van der Waals surface area contributed by atoms with Crippen molar-refractivity contribution >= 4 is 17.8 Å². The van der Waals surface area contributed by atoms with Crippen molar-refractivity contribution in [1.82, 2.24) is 9.80 Å². The van der Waals surface area contributed by atoms with Gasteiger partial charge in [0.2, 0.25) is 0 Å². The molecule has 6 nitrogen and oxygen atoms in total. The van der Waals surface area contributed by atoms with E-state index in [4.69, 9.17) is 4.74 Å². The average Bonchev–Trinajstić information content (AvgIpc) is 2.88. The summed E-state index contributed by atoms with van der Waals surface area (Å²) in [4.78, 5) is 38.7. The number of rotatable bonds is 8. The number of hydrogen-bond acceptors (Lipinski definition) is 4. The van der Waals surface area contributed by atoms with Crippen molar-refractivity contribution in [2.75, 3.05) is 19.7 Å². The lowest BCUT2D eigenvalue weighted by atomic mass is 9.97. The zero-order valence-corrected chi connectivity index (χ0v) is 14.9. The first kappa shape index (κ1) is 18.2. The van der Waals surface area contributed by atoms with Gasteiger partial charge in [0.25, 0.3) is 0 Å². The van der Waals surface area contributed by atoms with Crippen LogP contribution in [0.4, 0.5) is 4.79 Å². The van der Waals surface area contributed by atoms with E-state index in [0.717, 1.165) is 34.8 Å². The molecular formula is C20H24N2O4. The summed E-state index contributed by atoms with van der Waals surface area (Å²) in [5.74, 6) is -0.701. The molecule has 138 valence electrons. The van der Waals surface area contributed by atoms with Crippen LogP contribution >= 0.6 is 0 Å². The van der Waals surface area contributed by atoms with Gasteiger partial charge in [0.05, 0.1) is 6.61 Å². The molecular weight excluding hydrogens is 332 g/mol. The van der Waals surface area contributed by atoms with Crippen LogP contribution in [0.1, 0.15) is 38.5 Å². The number of urea groups is 1. The van der Waals surface area contributed by atoms with Gasteiger partial charge < -0.3 is 4.74 Å². The summed E-state index contributed by atoms with van der Waals surface area (Å²) < 4.78 is 5.56. The summed E-state index contributed by atoms with van der Waals surface area (Å²) in [6.07, 6.45) is 7.76. The number of amides is 4. The number of hydrogen-bond donors (Lipinski definition) is 0. The topological polar surface area (TPSA) is 66.9 Å². The van der Waals surface area contributed by atoms with E-state index >= 15 is 0 Å². The first-order valence-electron chi connectivity index (χ1n) is 9.20. The lowest BCUT2D eigenvalue weighted by Gasteiger charge is -2.18. The van der Waals surface area contributed by atoms with Gasteiger partial charge in [-0.3, -0.25) is 19.4 Å². The molecule has 3 rings (SSSR count). The third-order valence-electron chi connectivity index (χ3n) is 4.71. The number of nitrogens with zero attached hydrogens (tertiary/aromatic N) is 2. The number of allylic oxidation sites excluding steroid dienone is 1. The number of carbonyl (C=O) groups excluding carboxylic acids is 3. The normalized spacial score (nSPS) is 17.7. The van der Waals surface area contributed by atoms with Crippen molar-refractivity contribution in [1.29, 1.82) is 0 Å². The summed E-state index contributed by atoms with van der Waals surface area (Å²) >= 11 is 0. The molecule has 1 aliphatic carbocycles. The molecule has 0 atom stereocenters. The van der Waals surface area contributed by atoms with Crippen LogP contribution in [-0.2, 0) is 9.59 Å². The molecule has 1 heterocycles. The fourth-order valence-corrected chi connectivity index (χ4v) is 3.26. The van der Waals surface area contributed by atoms with Crippen LogP contribution in [0.15, 0.2) is 42.0 Å². The second-order valence-electron chi connectivity index (χ2n) is 6.57. The highest BCUT2D eigenvalue weighted by Crippen LogP contribution is 2.22. The zero-order valence-electron chi connectivity index (χ0n) is 14.9. The van der Waals surface area contributed by atoms with Gasteiger partial charge in [-0.1, -0.05) is 29.8 Å². The number of imide groups is 2. The number of benzene rings is 1. The van der Waals surface area contributed by atoms with Crippen LogP contribution in [0.5, 0.6) is 5.75 Å². The van der Waals surface area contributed by atoms with Crippen LogP contribution < -0.4 is 4.74 Å². The minimum Gasteiger partial charge on any atom is -0.494 e. The molecule has 1 saturated heterocycles. The SMILES string of the molecule is O=C1C(=O)N(CCC2=CCCCC2)C(=O)N1CCCOc1ccccc1. The Balaban J connectivity index is 1.47. The molecule has 4 amide bonds. The molecule has 1 aliphatic heterocycles. The van der Waals surface area contributed by atoms with E-state index in [2.05, 4.69) is 6.08 Å². The van der Waals surface area contributed by atoms with E-state index in [1.807, 2.05) is 30.3 Å². The van der Waals surface area contributed by atoms with Crippen molar-refractivity contribution in [2.24, 2.45) is 0 Å². The van der Waals surface area contributed by atoms with E-state index in [-0.39, 0.29) is 13.1 Å². The Bertz CT molecular complexity index is 699. The standard InChI is InChI=1S/C20H24N2O4/c23-18-19(24)22(14-12-16-8-3-1-4-9-16)20(25)21(18)13-7-15-26-17-10-5-2-6-11-17/h2,5-6,8,10-11H,1,3-4,7,9,12-15H2. The summed E-state index contributed by atoms with van der Waals surface area (Å²) in [6.45, 7) is 0.851. The first-order valence-corrected chi connectivity index (χ1v) is 9.20. The van der Waals surface area contributed by atoms with E-state index in [1.165, 1.54) is 12.0 Å². The summed E-state index contributed by atoms with van der Waals surface area (Å²) in [5, 5.41) is 0. The molecule has 26 heavy (non-hydrogen) atoms. The van der Waals surface area contributed by atoms with Gasteiger partial charge in [-0.05, 0) is 50.7 Å². The van der Waals surface area contributed by atoms with Gasteiger partial charge in [0.1, 0.15) is 5.75 Å². The molecule has 0 unspecified atom stereocenters. The van der Waals surface area contributed by atoms with Crippen molar-refractivity contribution < 1.29 is 19.1 Å². The second kappa shape index (κ2) is 8.65. The highest BCUT2D eigenvalue weighted by atomic mass is 16.5. The number of carbonyl (C=O) groups is 3. The Morgan fingerprint density at radius 1 is 0.923 bits per heavy atom. The van der Waals surface area contributed by atoms with E-state index in [0.29, 0.717) is 19.4 Å². The monoisotopic (exact) mass is 356 g/mol. The van der Waals surface area contributed by atoms with Gasteiger partial charge in [0, 0.05) is 13.1 Å². The largest absolute Gasteiger partial charge is 0.494 e. The lowest BCUT2D eigenvalue weighted by Crippen LogP contribution is -2.35. The molecule has 0 bridgehead atoms. The summed E-state index contributed by atoms with van der Waals surface area (Å²) in [7, 11) is 0. The molecule has 2 aliphatic rings. The van der Waals surface area contributed by atoms with Crippen molar-refractivity contribution in [2.45, 2.75) is 38.5 Å². The van der Waals surface area contributed by atoms with Gasteiger partial charge >= 0.3 is 17.8 Å². The van der Waals surface area contributed by atoms with Crippen LogP contribution in [-0.4, -0.2) is 47.3 Å². The molecule has 6 heteroatoms. The molecule has 1 aromatic carbocycles. The third kappa shape index (κ3) is 4.31. The summed E-state index contributed by atoms with van der Waals surface area (Å²) in [5.41, 5.74) is 1.28. The minimum absolute atomic E-state index is 0.190. The Labute approximate surface area is 153 Å². The Morgan fingerprint density at radius 3 is 2.35 bits per heavy atom. The van der Waals surface area contributed by atoms with Crippen molar-refractivity contribution in [3.05, 3.63) is 42.0 Å². The minimum atomic E-state index is -0.729. The van der Waals surface area contributed by atoms with E-state index in [1.54, 1.807) is 0 Å². The molecule has 0 radical (unpaired) electrons.